The summed E-state index contributed by atoms with van der Waals surface area (Å²) in [6, 6.07) is 1.44. The Balaban J connectivity index is 2.32. The first-order valence-corrected chi connectivity index (χ1v) is 5.73. The number of imide groups is 1. The lowest BCUT2D eigenvalue weighted by Gasteiger charge is -2.15. The van der Waals surface area contributed by atoms with Gasteiger partial charge in [0, 0.05) is 0 Å². The van der Waals surface area contributed by atoms with E-state index in [1.54, 1.807) is 0 Å². The van der Waals surface area contributed by atoms with Gasteiger partial charge in [0.05, 0.1) is 17.7 Å². The zero-order chi connectivity index (χ0) is 15.8. The highest BCUT2D eigenvalue weighted by atomic mass is 19.4. The van der Waals surface area contributed by atoms with Crippen molar-refractivity contribution in [3.05, 3.63) is 29.8 Å². The molecule has 0 aromatic heterocycles. The molecule has 21 heavy (non-hydrogen) atoms. The van der Waals surface area contributed by atoms with E-state index < -0.39 is 42.1 Å². The van der Waals surface area contributed by atoms with Crippen LogP contribution in [-0.4, -0.2) is 29.1 Å². The van der Waals surface area contributed by atoms with Crippen molar-refractivity contribution in [2.45, 2.75) is 18.6 Å². The van der Waals surface area contributed by atoms with Crippen LogP contribution in [0.5, 0.6) is 0 Å². The number of aliphatic carboxylic acids is 1. The first kappa shape index (κ1) is 14.8. The Hall–Kier alpha value is -2.58. The van der Waals surface area contributed by atoms with Crippen molar-refractivity contribution in [2.75, 3.05) is 4.90 Å². The average molecular weight is 302 g/mol. The highest BCUT2D eigenvalue weighted by Crippen LogP contribution is 2.32. The maximum Gasteiger partial charge on any atom is 0.416 e. The summed E-state index contributed by atoms with van der Waals surface area (Å²) in [5, 5.41) is 10.7. The Morgan fingerprint density at radius 3 is 2.57 bits per heavy atom. The minimum Gasteiger partial charge on any atom is -0.481 e. The molecular weight excluding hydrogens is 293 g/mol. The van der Waals surface area contributed by atoms with Crippen LogP contribution in [0.2, 0.25) is 0 Å². The van der Waals surface area contributed by atoms with Crippen LogP contribution in [0.25, 0.3) is 0 Å². The second kappa shape index (κ2) is 5.08. The van der Waals surface area contributed by atoms with Gasteiger partial charge in [-0.05, 0) is 18.2 Å². The third-order valence-corrected chi connectivity index (χ3v) is 2.83. The molecule has 1 aliphatic heterocycles. The molecule has 1 aromatic carbocycles. The minimum absolute atomic E-state index is 0.264. The fourth-order valence-corrected chi connectivity index (χ4v) is 1.91. The lowest BCUT2D eigenvalue weighted by atomic mass is 10.1. The maximum absolute atomic E-state index is 12.6. The molecule has 1 aliphatic rings. The summed E-state index contributed by atoms with van der Waals surface area (Å²) in [7, 11) is 0. The molecule has 0 spiro atoms. The third kappa shape index (κ3) is 2.96. The van der Waals surface area contributed by atoms with E-state index in [2.05, 4.69) is 5.32 Å². The number of anilines is 1. The predicted octanol–water partition coefficient (Wildman–Crippen LogP) is 1.60. The van der Waals surface area contributed by atoms with Crippen molar-refractivity contribution >= 4 is 23.6 Å². The van der Waals surface area contributed by atoms with Crippen LogP contribution >= 0.6 is 0 Å². The highest BCUT2D eigenvalue weighted by molar-refractivity contribution is 6.21. The van der Waals surface area contributed by atoms with E-state index >= 15 is 0 Å². The van der Waals surface area contributed by atoms with Crippen LogP contribution in [0.3, 0.4) is 0 Å². The number of carbonyl (C=O) groups is 3. The van der Waals surface area contributed by atoms with E-state index in [4.69, 9.17) is 5.11 Å². The number of nitrogens with one attached hydrogen (secondary N) is 1. The smallest absolute Gasteiger partial charge is 0.416 e. The second-order valence-corrected chi connectivity index (χ2v) is 4.32. The maximum atomic E-state index is 12.6. The molecule has 3 amide bonds. The van der Waals surface area contributed by atoms with E-state index in [-0.39, 0.29) is 5.69 Å². The number of carbonyl (C=O) groups excluding carboxylic acids is 2. The molecule has 1 heterocycles. The van der Waals surface area contributed by atoms with Crippen LogP contribution in [0.4, 0.5) is 23.7 Å². The monoisotopic (exact) mass is 302 g/mol. The van der Waals surface area contributed by atoms with E-state index in [0.29, 0.717) is 11.0 Å². The molecule has 0 radical (unpaired) electrons. The van der Waals surface area contributed by atoms with Crippen molar-refractivity contribution in [3.8, 4) is 0 Å². The Bertz CT molecular complexity index is 615. The molecular formula is C12H9F3N2O4. The van der Waals surface area contributed by atoms with Gasteiger partial charge < -0.3 is 10.4 Å². The number of hydrogen-bond acceptors (Lipinski definition) is 3. The fraction of sp³-hybridized carbons (Fsp3) is 0.250. The van der Waals surface area contributed by atoms with Crippen molar-refractivity contribution < 1.29 is 32.7 Å². The number of hydrogen-bond donors (Lipinski definition) is 2. The van der Waals surface area contributed by atoms with Crippen LogP contribution in [0.15, 0.2) is 24.3 Å². The van der Waals surface area contributed by atoms with Crippen molar-refractivity contribution in [1.82, 2.24) is 5.32 Å². The summed E-state index contributed by atoms with van der Waals surface area (Å²) in [6.07, 6.45) is -5.25. The van der Waals surface area contributed by atoms with Gasteiger partial charge in [0.2, 0.25) is 0 Å². The zero-order valence-corrected chi connectivity index (χ0v) is 10.3. The number of halogens is 3. The number of rotatable bonds is 3. The van der Waals surface area contributed by atoms with Crippen LogP contribution in [-0.2, 0) is 15.8 Å². The van der Waals surface area contributed by atoms with Crippen molar-refractivity contribution in [1.29, 1.82) is 0 Å². The number of amides is 3. The van der Waals surface area contributed by atoms with Gasteiger partial charge in [0.25, 0.3) is 5.91 Å². The van der Waals surface area contributed by atoms with Gasteiger partial charge in [-0.3, -0.25) is 9.59 Å². The molecule has 0 saturated carbocycles. The second-order valence-electron chi connectivity index (χ2n) is 4.32. The summed E-state index contributed by atoms with van der Waals surface area (Å²) in [6.45, 7) is 0. The number of urea groups is 1. The lowest BCUT2D eigenvalue weighted by Crippen LogP contribution is -2.32. The van der Waals surface area contributed by atoms with E-state index in [1.165, 1.54) is 0 Å². The molecule has 1 aromatic rings. The molecule has 1 fully saturated rings. The standard InChI is InChI=1S/C12H9F3N2O4/c13-12(14,15)6-2-1-3-7(4-6)17-10(20)8(5-9(18)19)16-11(17)21/h1-4,8H,5H2,(H,16,21)(H,18,19). The number of alkyl halides is 3. The van der Waals surface area contributed by atoms with Crippen LogP contribution in [0, 0.1) is 0 Å². The minimum atomic E-state index is -4.62. The topological polar surface area (TPSA) is 86.7 Å². The summed E-state index contributed by atoms with van der Waals surface area (Å²) >= 11 is 0. The highest BCUT2D eigenvalue weighted by Gasteiger charge is 2.41. The number of carboxylic acid groups (broad SMARTS) is 1. The number of benzene rings is 1. The fourth-order valence-electron chi connectivity index (χ4n) is 1.91. The summed E-state index contributed by atoms with van der Waals surface area (Å²) in [4.78, 5) is 34.6. The van der Waals surface area contributed by atoms with E-state index in [0.717, 1.165) is 18.2 Å². The van der Waals surface area contributed by atoms with Gasteiger partial charge in [-0.2, -0.15) is 13.2 Å². The summed E-state index contributed by atoms with van der Waals surface area (Å²) < 4.78 is 37.8. The quantitative estimate of drug-likeness (QED) is 0.830. The van der Waals surface area contributed by atoms with E-state index in [1.807, 2.05) is 0 Å². The van der Waals surface area contributed by atoms with Gasteiger partial charge in [-0.1, -0.05) is 6.07 Å². The molecule has 0 bridgehead atoms. The lowest BCUT2D eigenvalue weighted by molar-refractivity contribution is -0.139. The Morgan fingerprint density at radius 2 is 2.00 bits per heavy atom. The molecule has 1 atom stereocenters. The van der Waals surface area contributed by atoms with Crippen molar-refractivity contribution in [2.24, 2.45) is 0 Å². The molecule has 1 saturated heterocycles. The zero-order valence-electron chi connectivity index (χ0n) is 10.3. The van der Waals surface area contributed by atoms with Crippen molar-refractivity contribution in [3.63, 3.8) is 0 Å². The van der Waals surface area contributed by atoms with Gasteiger partial charge >= 0.3 is 18.2 Å². The predicted molar refractivity (Wildman–Crippen MR) is 63.5 cm³/mol. The molecule has 2 rings (SSSR count). The average Bonchev–Trinajstić information content (AvgIpc) is 2.63. The Labute approximate surface area is 116 Å². The first-order chi connectivity index (χ1) is 9.70. The normalized spacial score (nSPS) is 18.8. The molecule has 2 N–H and O–H groups in total. The molecule has 1 unspecified atom stereocenters. The van der Waals surface area contributed by atoms with Gasteiger partial charge in [-0.15, -0.1) is 0 Å². The van der Waals surface area contributed by atoms with Gasteiger partial charge in [0.15, 0.2) is 0 Å². The van der Waals surface area contributed by atoms with Gasteiger partial charge in [-0.25, -0.2) is 9.69 Å². The largest absolute Gasteiger partial charge is 0.481 e. The van der Waals surface area contributed by atoms with E-state index in [9.17, 15) is 27.6 Å². The Morgan fingerprint density at radius 1 is 1.33 bits per heavy atom. The third-order valence-electron chi connectivity index (χ3n) is 2.83. The molecule has 112 valence electrons. The van der Waals surface area contributed by atoms with Gasteiger partial charge in [0.1, 0.15) is 6.04 Å². The number of carboxylic acids is 1. The summed E-state index contributed by atoms with van der Waals surface area (Å²) in [5.74, 6) is -2.21. The number of nitrogens with zero attached hydrogens (tertiary/aromatic N) is 1. The first-order valence-electron chi connectivity index (χ1n) is 5.73. The molecule has 6 nitrogen and oxygen atoms in total. The van der Waals surface area contributed by atoms with Crippen LogP contribution < -0.4 is 10.2 Å². The SMILES string of the molecule is O=C(O)CC1NC(=O)N(c2cccc(C(F)(F)F)c2)C1=O. The Kier molecular flexibility index (Phi) is 3.58. The molecule has 0 aliphatic carbocycles. The molecule has 9 heteroatoms. The summed E-state index contributed by atoms with van der Waals surface area (Å²) in [5.41, 5.74) is -1.28. The van der Waals surface area contributed by atoms with Crippen LogP contribution in [0.1, 0.15) is 12.0 Å².